The number of hydrazine groups is 1. The van der Waals surface area contributed by atoms with E-state index in [0.29, 0.717) is 42.9 Å². The van der Waals surface area contributed by atoms with Crippen molar-refractivity contribution in [3.8, 4) is 0 Å². The lowest BCUT2D eigenvalue weighted by atomic mass is 10.0. The van der Waals surface area contributed by atoms with Crippen molar-refractivity contribution in [1.82, 2.24) is 26.1 Å². The normalized spacial score (nSPS) is 18.8. The summed E-state index contributed by atoms with van der Waals surface area (Å²) < 4.78 is 39.2. The highest BCUT2D eigenvalue weighted by Crippen LogP contribution is 2.29. The van der Waals surface area contributed by atoms with Gasteiger partial charge in [-0.25, -0.2) is 5.01 Å². The molecular formula is C29H36F3N9O3. The Kier molecular flexibility index (Phi) is 10.8. The zero-order chi connectivity index (χ0) is 31.9. The van der Waals surface area contributed by atoms with Crippen LogP contribution in [0.4, 0.5) is 18.9 Å². The maximum Gasteiger partial charge on any atom is 0.416 e. The molecule has 1 aromatic heterocycles. The van der Waals surface area contributed by atoms with Crippen LogP contribution in [0.2, 0.25) is 0 Å². The number of piperazine rings is 1. The van der Waals surface area contributed by atoms with Gasteiger partial charge >= 0.3 is 6.18 Å². The molecule has 4 unspecified atom stereocenters. The molecule has 4 rings (SSSR count). The van der Waals surface area contributed by atoms with Crippen LogP contribution >= 0.6 is 0 Å². The minimum Gasteiger partial charge on any atom is -0.343 e. The first-order valence-electron chi connectivity index (χ1n) is 14.0. The fraction of sp³-hybridized carbons (Fsp3) is 0.379. The Labute approximate surface area is 251 Å². The highest BCUT2D eigenvalue weighted by atomic mass is 19.4. The Morgan fingerprint density at radius 2 is 1.66 bits per heavy atom. The second kappa shape index (κ2) is 14.5. The summed E-state index contributed by atoms with van der Waals surface area (Å²) in [5.74, 6) is -1.95. The smallest absolute Gasteiger partial charge is 0.343 e. The van der Waals surface area contributed by atoms with Crippen LogP contribution in [0.5, 0.6) is 0 Å². The number of nitrogens with two attached hydrogens (primary N) is 3. The van der Waals surface area contributed by atoms with Crippen LogP contribution in [0, 0.1) is 0 Å². The van der Waals surface area contributed by atoms with E-state index in [1.54, 1.807) is 17.1 Å². The van der Waals surface area contributed by atoms with E-state index in [4.69, 9.17) is 17.2 Å². The molecule has 0 bridgehead atoms. The van der Waals surface area contributed by atoms with Gasteiger partial charge in [0.2, 0.25) is 17.7 Å². The number of amides is 3. The molecule has 3 aromatic rings. The molecule has 0 saturated carbocycles. The molecule has 2 heterocycles. The molecule has 1 fully saturated rings. The van der Waals surface area contributed by atoms with Crippen molar-refractivity contribution in [3.05, 3.63) is 71.9 Å². The molecular weight excluding hydrogens is 579 g/mol. The van der Waals surface area contributed by atoms with Gasteiger partial charge in [0.05, 0.1) is 35.4 Å². The number of benzene rings is 2. The number of anilines is 1. The second-order valence-electron chi connectivity index (χ2n) is 10.6. The molecule has 44 heavy (non-hydrogen) atoms. The fourth-order valence-electron chi connectivity index (χ4n) is 4.86. The minimum atomic E-state index is -4.53. The number of carbonyl (C=O) groups is 3. The Morgan fingerprint density at radius 1 is 1.00 bits per heavy atom. The van der Waals surface area contributed by atoms with Gasteiger partial charge in [-0.15, -0.1) is 0 Å². The van der Waals surface area contributed by atoms with Gasteiger partial charge in [-0.1, -0.05) is 30.3 Å². The number of hydrogen-bond acceptors (Lipinski definition) is 9. The summed E-state index contributed by atoms with van der Waals surface area (Å²) >= 11 is 0. The van der Waals surface area contributed by atoms with Crippen LogP contribution in [0.25, 0.3) is 10.9 Å². The lowest BCUT2D eigenvalue weighted by Gasteiger charge is -2.38. The number of fused-ring (bicyclic) bond motifs is 1. The molecule has 1 saturated heterocycles. The molecule has 15 heteroatoms. The van der Waals surface area contributed by atoms with Crippen molar-refractivity contribution in [2.45, 2.75) is 43.2 Å². The molecule has 1 aliphatic heterocycles. The lowest BCUT2D eigenvalue weighted by molar-refractivity contribution is -0.137. The number of nitrogens with one attached hydrogen (secondary N) is 4. The molecule has 10 N–H and O–H groups in total. The summed E-state index contributed by atoms with van der Waals surface area (Å²) in [5.41, 5.74) is 20.9. The van der Waals surface area contributed by atoms with E-state index in [9.17, 15) is 27.6 Å². The fourth-order valence-corrected chi connectivity index (χ4v) is 4.86. The van der Waals surface area contributed by atoms with E-state index in [1.165, 1.54) is 18.3 Å². The first-order chi connectivity index (χ1) is 20.9. The number of halogens is 3. The molecule has 236 valence electrons. The Balaban J connectivity index is 1.44. The molecule has 1 aliphatic rings. The summed E-state index contributed by atoms with van der Waals surface area (Å²) in [7, 11) is 0. The predicted molar refractivity (Wildman–Crippen MR) is 159 cm³/mol. The van der Waals surface area contributed by atoms with Crippen LogP contribution in [0.15, 0.2) is 60.8 Å². The molecule has 4 atom stereocenters. The van der Waals surface area contributed by atoms with Crippen LogP contribution in [0.3, 0.4) is 0 Å². The van der Waals surface area contributed by atoms with E-state index >= 15 is 0 Å². The van der Waals surface area contributed by atoms with E-state index in [-0.39, 0.29) is 24.9 Å². The standard InChI is InChI=1S/C29H36F3N9O3/c30-29(31,32)19-7-5-17(6-8-19)9-25(28(44)38-20-10-18-3-1-2-4-24(18)36-14-20)39-27(43)23(35)11-26(42)40-41-15-21(12-33)37-22(13-34)16-41/h1-8,10,14,21-23,25,37H,9,11-13,15-16,33-35H2,(H,38,44)(H,39,43)(H,40,42). The highest BCUT2D eigenvalue weighted by molar-refractivity contribution is 5.99. The first-order valence-corrected chi connectivity index (χ1v) is 14.0. The van der Waals surface area contributed by atoms with Gasteiger partial charge in [0.15, 0.2) is 0 Å². The molecule has 0 aliphatic carbocycles. The average Bonchev–Trinajstić information content (AvgIpc) is 3.00. The largest absolute Gasteiger partial charge is 0.416 e. The van der Waals surface area contributed by atoms with Crippen LogP contribution in [-0.4, -0.2) is 78.1 Å². The van der Waals surface area contributed by atoms with E-state index in [1.807, 2.05) is 18.2 Å². The van der Waals surface area contributed by atoms with Crippen molar-refractivity contribution in [3.63, 3.8) is 0 Å². The van der Waals surface area contributed by atoms with Gasteiger partial charge in [-0.2, -0.15) is 13.2 Å². The van der Waals surface area contributed by atoms with Gasteiger partial charge in [-0.3, -0.25) is 24.8 Å². The Hall–Kier alpha value is -4.15. The van der Waals surface area contributed by atoms with Gasteiger partial charge < -0.3 is 33.2 Å². The topological polar surface area (TPSA) is 194 Å². The van der Waals surface area contributed by atoms with Crippen molar-refractivity contribution < 1.29 is 27.6 Å². The summed E-state index contributed by atoms with van der Waals surface area (Å²) in [5, 5.41) is 11.0. The van der Waals surface area contributed by atoms with E-state index in [2.05, 4.69) is 26.4 Å². The van der Waals surface area contributed by atoms with Gasteiger partial charge in [0.25, 0.3) is 0 Å². The third-order valence-electron chi connectivity index (χ3n) is 7.16. The zero-order valence-corrected chi connectivity index (χ0v) is 23.8. The van der Waals surface area contributed by atoms with Gasteiger partial charge in [0, 0.05) is 50.1 Å². The van der Waals surface area contributed by atoms with Crippen LogP contribution in [-0.2, 0) is 27.0 Å². The minimum absolute atomic E-state index is 0.0863. The van der Waals surface area contributed by atoms with Crippen molar-refractivity contribution in [2.24, 2.45) is 17.2 Å². The number of rotatable bonds is 11. The third-order valence-corrected chi connectivity index (χ3v) is 7.16. The number of nitrogens with zero attached hydrogens (tertiary/aromatic N) is 2. The SMILES string of the molecule is NCC1CN(NC(=O)CC(N)C(=O)NC(Cc2ccc(C(F)(F)F)cc2)C(=O)Nc2cnc3ccccc3c2)CC(CN)N1. The van der Waals surface area contributed by atoms with Crippen molar-refractivity contribution >= 4 is 34.3 Å². The van der Waals surface area contributed by atoms with Gasteiger partial charge in [-0.05, 0) is 29.8 Å². The number of aromatic nitrogens is 1. The predicted octanol–water partition coefficient (Wildman–Crippen LogP) is 0.228. The highest BCUT2D eigenvalue weighted by Gasteiger charge is 2.31. The van der Waals surface area contributed by atoms with Crippen molar-refractivity contribution in [2.75, 3.05) is 31.5 Å². The third kappa shape index (κ3) is 8.93. The molecule has 2 aromatic carbocycles. The summed E-state index contributed by atoms with van der Waals surface area (Å²) in [6, 6.07) is 10.5. The second-order valence-corrected chi connectivity index (χ2v) is 10.6. The first kappa shape index (κ1) is 32.8. The maximum atomic E-state index is 13.4. The Bertz CT molecular complexity index is 1440. The molecule has 3 amide bonds. The number of alkyl halides is 3. The quantitative estimate of drug-likeness (QED) is 0.158. The van der Waals surface area contributed by atoms with E-state index < -0.39 is 41.5 Å². The summed E-state index contributed by atoms with van der Waals surface area (Å²) in [6.07, 6.45) is -3.61. The lowest BCUT2D eigenvalue weighted by Crippen LogP contribution is -2.64. The maximum absolute atomic E-state index is 13.4. The molecule has 12 nitrogen and oxygen atoms in total. The monoisotopic (exact) mass is 615 g/mol. The van der Waals surface area contributed by atoms with E-state index in [0.717, 1.165) is 17.5 Å². The van der Waals surface area contributed by atoms with Gasteiger partial charge in [0.1, 0.15) is 6.04 Å². The number of pyridine rings is 1. The van der Waals surface area contributed by atoms with Crippen molar-refractivity contribution in [1.29, 1.82) is 0 Å². The van der Waals surface area contributed by atoms with Crippen LogP contribution in [0.1, 0.15) is 17.5 Å². The summed E-state index contributed by atoms with van der Waals surface area (Å²) in [6.45, 7) is 1.53. The number of para-hydroxylation sites is 1. The number of hydrogen-bond donors (Lipinski definition) is 7. The molecule has 0 radical (unpaired) electrons. The Morgan fingerprint density at radius 3 is 2.30 bits per heavy atom. The van der Waals surface area contributed by atoms with Crippen LogP contribution < -0.4 is 38.6 Å². The molecule has 0 spiro atoms. The average molecular weight is 616 g/mol. The number of carbonyl (C=O) groups excluding carboxylic acids is 3. The zero-order valence-electron chi connectivity index (χ0n) is 23.8. The summed E-state index contributed by atoms with van der Waals surface area (Å²) in [4.78, 5) is 43.4.